The van der Waals surface area contributed by atoms with Crippen molar-refractivity contribution in [2.24, 2.45) is 5.10 Å². The molecule has 0 bridgehead atoms. The predicted molar refractivity (Wildman–Crippen MR) is 115 cm³/mol. The first-order valence-electron chi connectivity index (χ1n) is 9.54. The third kappa shape index (κ3) is 3.44. The minimum Gasteiger partial charge on any atom is -0.332 e. The van der Waals surface area contributed by atoms with Crippen LogP contribution in [0.15, 0.2) is 58.8 Å². The van der Waals surface area contributed by atoms with E-state index < -0.39 is 0 Å². The molecule has 0 amide bonds. The van der Waals surface area contributed by atoms with Gasteiger partial charge in [-0.2, -0.15) is 5.10 Å². The minimum absolute atomic E-state index is 0.116. The average molecular weight is 389 g/mol. The first-order valence-corrected chi connectivity index (χ1v) is 9.54. The van der Waals surface area contributed by atoms with Crippen LogP contribution in [-0.2, 0) is 13.1 Å². The average Bonchev–Trinajstić information content (AvgIpc) is 3.38. The topological polar surface area (TPSA) is 83.6 Å². The summed E-state index contributed by atoms with van der Waals surface area (Å²) in [5, 5.41) is 5.83. The highest BCUT2D eigenvalue weighted by Gasteiger charge is 2.16. The summed E-state index contributed by atoms with van der Waals surface area (Å²) in [6.45, 7) is 8.82. The van der Waals surface area contributed by atoms with Gasteiger partial charge in [-0.25, -0.2) is 9.97 Å². The Morgan fingerprint density at radius 3 is 2.86 bits per heavy atom. The van der Waals surface area contributed by atoms with E-state index in [0.717, 1.165) is 17.6 Å². The second kappa shape index (κ2) is 7.75. The van der Waals surface area contributed by atoms with Crippen LogP contribution in [0.5, 0.6) is 0 Å². The van der Waals surface area contributed by atoms with Crippen LogP contribution < -0.4 is 5.56 Å². The van der Waals surface area contributed by atoms with E-state index in [1.165, 1.54) is 0 Å². The fourth-order valence-corrected chi connectivity index (χ4v) is 3.38. The maximum Gasteiger partial charge on any atom is 0.280 e. The molecule has 8 heteroatoms. The molecule has 1 N–H and O–H groups in total. The molecule has 0 saturated carbocycles. The van der Waals surface area contributed by atoms with Gasteiger partial charge in [-0.3, -0.25) is 18.8 Å². The zero-order valence-corrected chi connectivity index (χ0v) is 16.5. The van der Waals surface area contributed by atoms with Crippen molar-refractivity contribution in [2.45, 2.75) is 33.4 Å². The zero-order valence-electron chi connectivity index (χ0n) is 16.5. The lowest BCUT2D eigenvalue weighted by atomic mass is 10.2. The van der Waals surface area contributed by atoms with Crippen LogP contribution in [0, 0.1) is 0 Å². The third-order valence-corrected chi connectivity index (χ3v) is 4.77. The summed E-state index contributed by atoms with van der Waals surface area (Å²) in [6, 6.07) is 10.0. The van der Waals surface area contributed by atoms with Gasteiger partial charge < -0.3 is 4.98 Å². The molecule has 148 valence electrons. The summed E-state index contributed by atoms with van der Waals surface area (Å²) in [6.07, 6.45) is 6.21. The number of allylic oxidation sites excluding steroid dienone is 1. The number of H-pyrrole nitrogens is 1. The second-order valence-electron chi connectivity index (χ2n) is 6.87. The van der Waals surface area contributed by atoms with E-state index >= 15 is 0 Å². The number of aromatic nitrogens is 5. The fraction of sp³-hybridized carbons (Fsp3) is 0.238. The third-order valence-electron chi connectivity index (χ3n) is 4.77. The van der Waals surface area contributed by atoms with Crippen molar-refractivity contribution in [3.63, 3.8) is 0 Å². The number of nitrogens with zero attached hydrogens (tertiary/aromatic N) is 6. The molecule has 3 aromatic heterocycles. The molecule has 0 radical (unpaired) electrons. The standard InChI is InChI=1S/C21H23N7O/c1-4-11-28-20(29)17-19(27-12-10-23-21(27)28)25-18(24-17)15(2)13-26(22-3)14-16-8-6-5-7-9-16/h5-10,12-13H,3-4,11,14H2,1-2H3,(H,24,25)/b15-13+. The van der Waals surface area contributed by atoms with Crippen molar-refractivity contribution < 1.29 is 0 Å². The molecule has 0 aliphatic heterocycles. The van der Waals surface area contributed by atoms with E-state index in [4.69, 9.17) is 0 Å². The van der Waals surface area contributed by atoms with Gasteiger partial charge in [0.05, 0.1) is 6.54 Å². The van der Waals surface area contributed by atoms with Crippen LogP contribution in [-0.4, -0.2) is 35.6 Å². The molecule has 0 saturated heterocycles. The fourth-order valence-electron chi connectivity index (χ4n) is 3.38. The molecule has 4 aromatic rings. The van der Waals surface area contributed by atoms with Crippen LogP contribution in [0.25, 0.3) is 22.5 Å². The lowest BCUT2D eigenvalue weighted by Gasteiger charge is -2.14. The Hall–Kier alpha value is -3.68. The molecular formula is C21H23N7O. The van der Waals surface area contributed by atoms with Crippen LogP contribution in [0.2, 0.25) is 0 Å². The van der Waals surface area contributed by atoms with E-state index in [-0.39, 0.29) is 5.56 Å². The molecule has 0 aliphatic rings. The number of aryl methyl sites for hydroxylation is 1. The largest absolute Gasteiger partial charge is 0.332 e. The Balaban J connectivity index is 1.75. The molecule has 0 fully saturated rings. The number of hydrogen-bond acceptors (Lipinski definition) is 5. The smallest absolute Gasteiger partial charge is 0.280 e. The number of hydrogen-bond donors (Lipinski definition) is 1. The normalized spacial score (nSPS) is 12.0. The van der Waals surface area contributed by atoms with Gasteiger partial charge in [0.1, 0.15) is 5.82 Å². The van der Waals surface area contributed by atoms with E-state index in [1.807, 2.05) is 61.0 Å². The Bertz CT molecular complexity index is 1250. The van der Waals surface area contributed by atoms with Gasteiger partial charge in [-0.15, -0.1) is 0 Å². The molecule has 4 rings (SSSR count). The van der Waals surface area contributed by atoms with Gasteiger partial charge in [0, 0.05) is 37.4 Å². The Kier molecular flexibility index (Phi) is 4.99. The maximum atomic E-state index is 13.0. The molecule has 1 aromatic carbocycles. The molecular weight excluding hydrogens is 366 g/mol. The highest BCUT2D eigenvalue weighted by Crippen LogP contribution is 2.18. The maximum absolute atomic E-state index is 13.0. The highest BCUT2D eigenvalue weighted by molar-refractivity contribution is 5.76. The molecule has 3 heterocycles. The van der Waals surface area contributed by atoms with E-state index in [9.17, 15) is 4.79 Å². The van der Waals surface area contributed by atoms with Gasteiger partial charge in [0.2, 0.25) is 5.78 Å². The van der Waals surface area contributed by atoms with Crippen LogP contribution >= 0.6 is 0 Å². The van der Waals surface area contributed by atoms with Gasteiger partial charge >= 0.3 is 0 Å². The van der Waals surface area contributed by atoms with E-state index in [0.29, 0.717) is 35.9 Å². The van der Waals surface area contributed by atoms with Crippen molar-refractivity contribution in [3.8, 4) is 0 Å². The summed E-state index contributed by atoms with van der Waals surface area (Å²) in [7, 11) is 0. The Labute approximate surface area is 167 Å². The zero-order chi connectivity index (χ0) is 20.4. The van der Waals surface area contributed by atoms with Crippen LogP contribution in [0.4, 0.5) is 0 Å². The number of fused-ring (bicyclic) bond motifs is 3. The Morgan fingerprint density at radius 1 is 1.34 bits per heavy atom. The van der Waals surface area contributed by atoms with E-state index in [2.05, 4.69) is 26.8 Å². The van der Waals surface area contributed by atoms with Crippen molar-refractivity contribution in [2.75, 3.05) is 0 Å². The Morgan fingerprint density at radius 2 is 2.14 bits per heavy atom. The number of benzene rings is 1. The molecule has 8 nitrogen and oxygen atoms in total. The minimum atomic E-state index is -0.116. The van der Waals surface area contributed by atoms with Crippen molar-refractivity contribution in [3.05, 3.63) is 70.7 Å². The molecule has 0 spiro atoms. The lowest BCUT2D eigenvalue weighted by Crippen LogP contribution is -2.23. The quantitative estimate of drug-likeness (QED) is 0.388. The number of hydrazone groups is 1. The number of rotatable bonds is 7. The van der Waals surface area contributed by atoms with E-state index in [1.54, 1.807) is 15.8 Å². The number of imidazole rings is 2. The van der Waals surface area contributed by atoms with Gasteiger partial charge in [-0.05, 0) is 18.9 Å². The van der Waals surface area contributed by atoms with Gasteiger partial charge in [-0.1, -0.05) is 37.3 Å². The molecule has 0 aliphatic carbocycles. The number of aromatic amines is 1. The summed E-state index contributed by atoms with van der Waals surface area (Å²) < 4.78 is 3.52. The molecule has 29 heavy (non-hydrogen) atoms. The number of nitrogens with one attached hydrogen (secondary N) is 1. The van der Waals surface area contributed by atoms with Crippen LogP contribution in [0.3, 0.4) is 0 Å². The van der Waals surface area contributed by atoms with Crippen molar-refractivity contribution in [1.29, 1.82) is 0 Å². The summed E-state index contributed by atoms with van der Waals surface area (Å²) in [5.41, 5.74) is 2.89. The summed E-state index contributed by atoms with van der Waals surface area (Å²) in [5.74, 6) is 1.21. The summed E-state index contributed by atoms with van der Waals surface area (Å²) >= 11 is 0. The van der Waals surface area contributed by atoms with Gasteiger partial charge in [0.25, 0.3) is 5.56 Å². The highest BCUT2D eigenvalue weighted by atomic mass is 16.1. The molecule has 0 unspecified atom stereocenters. The van der Waals surface area contributed by atoms with Crippen LogP contribution in [0.1, 0.15) is 31.7 Å². The lowest BCUT2D eigenvalue weighted by molar-refractivity contribution is 0.397. The summed E-state index contributed by atoms with van der Waals surface area (Å²) in [4.78, 5) is 25.2. The van der Waals surface area contributed by atoms with Crippen molar-refractivity contribution in [1.82, 2.24) is 28.9 Å². The second-order valence-corrected chi connectivity index (χ2v) is 6.87. The first kappa shape index (κ1) is 18.7. The molecule has 0 atom stereocenters. The first-order chi connectivity index (χ1) is 14.1. The SMILES string of the molecule is C=NN(/C=C(\C)c1nc2c([nH]1)c(=O)n(CCC)c1nccn21)Cc1ccccc1. The predicted octanol–water partition coefficient (Wildman–Crippen LogP) is 3.26. The van der Waals surface area contributed by atoms with Gasteiger partial charge in [0.15, 0.2) is 11.2 Å². The van der Waals surface area contributed by atoms with Crippen molar-refractivity contribution >= 4 is 29.2 Å². The monoisotopic (exact) mass is 389 g/mol.